The van der Waals surface area contributed by atoms with Crippen LogP contribution in [0.4, 0.5) is 4.79 Å². The van der Waals surface area contributed by atoms with Crippen LogP contribution in [0.2, 0.25) is 0 Å². The Labute approximate surface area is 94.0 Å². The number of rotatable bonds is 1. The number of carbonyl (C=O) groups excluding carboxylic acids is 2. The Bertz CT molecular complexity index is 457. The van der Waals surface area contributed by atoms with Gasteiger partial charge in [0.2, 0.25) is 0 Å². The molecule has 16 heavy (non-hydrogen) atoms. The second-order valence-corrected chi connectivity index (χ2v) is 4.21. The third-order valence-electron chi connectivity index (χ3n) is 2.80. The van der Waals surface area contributed by atoms with E-state index in [-0.39, 0.29) is 5.91 Å². The van der Waals surface area contributed by atoms with Crippen molar-refractivity contribution in [3.8, 4) is 0 Å². The Hall–Kier alpha value is -1.84. The number of nitrogens with one attached hydrogen (secondary N) is 2. The Morgan fingerprint density at radius 2 is 1.62 bits per heavy atom. The van der Waals surface area contributed by atoms with Gasteiger partial charge in [-0.1, -0.05) is 17.7 Å². The quantitative estimate of drug-likeness (QED) is 0.702. The number of hydrogen-bond donors (Lipinski definition) is 2. The normalized spacial score (nSPS) is 19.6. The van der Waals surface area contributed by atoms with Gasteiger partial charge in [0.25, 0.3) is 5.91 Å². The van der Waals surface area contributed by atoms with E-state index < -0.39 is 12.1 Å². The zero-order chi connectivity index (χ0) is 11.9. The van der Waals surface area contributed by atoms with Crippen LogP contribution in [0.1, 0.15) is 28.3 Å². The monoisotopic (exact) mass is 218 g/mol. The number of amides is 3. The van der Waals surface area contributed by atoms with Crippen LogP contribution in [0.15, 0.2) is 12.1 Å². The van der Waals surface area contributed by atoms with Gasteiger partial charge in [-0.25, -0.2) is 4.79 Å². The van der Waals surface area contributed by atoms with Crippen molar-refractivity contribution < 1.29 is 9.59 Å². The first-order chi connectivity index (χ1) is 7.49. The second-order valence-electron chi connectivity index (χ2n) is 4.21. The van der Waals surface area contributed by atoms with E-state index >= 15 is 0 Å². The van der Waals surface area contributed by atoms with Crippen LogP contribution in [0.3, 0.4) is 0 Å². The van der Waals surface area contributed by atoms with E-state index in [1.165, 1.54) is 0 Å². The van der Waals surface area contributed by atoms with E-state index in [2.05, 4.69) is 10.6 Å². The summed E-state index contributed by atoms with van der Waals surface area (Å²) < 4.78 is 0. The summed E-state index contributed by atoms with van der Waals surface area (Å²) >= 11 is 0. The van der Waals surface area contributed by atoms with Gasteiger partial charge in [0.15, 0.2) is 0 Å². The topological polar surface area (TPSA) is 58.2 Å². The first-order valence-electron chi connectivity index (χ1n) is 5.18. The Balaban J connectivity index is 2.48. The SMILES string of the molecule is Cc1cc(C)c(C2NC(=O)NC2=O)c(C)c1. The van der Waals surface area contributed by atoms with E-state index in [1.54, 1.807) is 0 Å². The van der Waals surface area contributed by atoms with Crippen LogP contribution in [-0.2, 0) is 4.79 Å². The summed E-state index contributed by atoms with van der Waals surface area (Å²) in [5.41, 5.74) is 4.11. The Morgan fingerprint density at radius 1 is 1.06 bits per heavy atom. The third kappa shape index (κ3) is 1.66. The van der Waals surface area contributed by atoms with Crippen LogP contribution < -0.4 is 10.6 Å². The summed E-state index contributed by atoms with van der Waals surface area (Å²) in [5.74, 6) is -0.278. The minimum absolute atomic E-state index is 0.278. The number of hydrogen-bond acceptors (Lipinski definition) is 2. The highest BCUT2D eigenvalue weighted by atomic mass is 16.2. The van der Waals surface area contributed by atoms with Crippen LogP contribution in [-0.4, -0.2) is 11.9 Å². The number of aryl methyl sites for hydroxylation is 3. The number of imide groups is 1. The fourth-order valence-corrected chi connectivity index (χ4v) is 2.27. The number of carbonyl (C=O) groups is 2. The van der Waals surface area contributed by atoms with Gasteiger partial charge in [0, 0.05) is 0 Å². The van der Waals surface area contributed by atoms with Crippen molar-refractivity contribution in [3.63, 3.8) is 0 Å². The maximum absolute atomic E-state index is 11.6. The van der Waals surface area contributed by atoms with Gasteiger partial charge in [-0.05, 0) is 37.5 Å². The molecule has 4 nitrogen and oxygen atoms in total. The van der Waals surface area contributed by atoms with E-state index in [4.69, 9.17) is 0 Å². The molecule has 2 N–H and O–H groups in total. The molecule has 0 bridgehead atoms. The molecular weight excluding hydrogens is 204 g/mol. The summed E-state index contributed by atoms with van der Waals surface area (Å²) in [6.07, 6.45) is 0. The van der Waals surface area contributed by atoms with Crippen LogP contribution in [0, 0.1) is 20.8 Å². The molecule has 1 atom stereocenters. The zero-order valence-electron chi connectivity index (χ0n) is 9.55. The maximum Gasteiger partial charge on any atom is 0.322 e. The van der Waals surface area contributed by atoms with Gasteiger partial charge in [-0.3, -0.25) is 10.1 Å². The van der Waals surface area contributed by atoms with Crippen molar-refractivity contribution in [1.82, 2.24) is 10.6 Å². The number of benzene rings is 1. The predicted octanol–water partition coefficient (Wildman–Crippen LogP) is 1.49. The molecule has 0 spiro atoms. The summed E-state index contributed by atoms with van der Waals surface area (Å²) in [4.78, 5) is 22.7. The largest absolute Gasteiger partial charge is 0.322 e. The fourth-order valence-electron chi connectivity index (χ4n) is 2.27. The Morgan fingerprint density at radius 3 is 2.06 bits per heavy atom. The summed E-state index contributed by atoms with van der Waals surface area (Å²) in [7, 11) is 0. The smallest absolute Gasteiger partial charge is 0.322 e. The molecule has 0 aliphatic carbocycles. The molecule has 1 saturated heterocycles. The van der Waals surface area contributed by atoms with Crippen molar-refractivity contribution in [2.45, 2.75) is 26.8 Å². The van der Waals surface area contributed by atoms with Crippen LogP contribution in [0.25, 0.3) is 0 Å². The lowest BCUT2D eigenvalue weighted by molar-refractivity contribution is -0.120. The average molecular weight is 218 g/mol. The summed E-state index contributed by atoms with van der Waals surface area (Å²) in [6, 6.07) is 3.06. The molecule has 1 heterocycles. The third-order valence-corrected chi connectivity index (χ3v) is 2.80. The van der Waals surface area contributed by atoms with Crippen LogP contribution >= 0.6 is 0 Å². The highest BCUT2D eigenvalue weighted by Crippen LogP contribution is 2.25. The highest BCUT2D eigenvalue weighted by Gasteiger charge is 2.32. The molecule has 1 aromatic rings. The highest BCUT2D eigenvalue weighted by molar-refractivity contribution is 6.04. The summed E-state index contributed by atoms with van der Waals surface area (Å²) in [6.45, 7) is 5.91. The predicted molar refractivity (Wildman–Crippen MR) is 60.1 cm³/mol. The van der Waals surface area contributed by atoms with E-state index in [9.17, 15) is 9.59 Å². The lowest BCUT2D eigenvalue weighted by atomic mass is 9.94. The fraction of sp³-hybridized carbons (Fsp3) is 0.333. The van der Waals surface area contributed by atoms with E-state index in [0.717, 1.165) is 22.3 Å². The van der Waals surface area contributed by atoms with Crippen molar-refractivity contribution in [2.75, 3.05) is 0 Å². The molecule has 4 heteroatoms. The molecule has 1 aliphatic heterocycles. The molecule has 1 aromatic carbocycles. The molecule has 2 rings (SSSR count). The molecule has 0 aromatic heterocycles. The minimum Gasteiger partial charge on any atom is -0.322 e. The molecule has 84 valence electrons. The Kier molecular flexibility index (Phi) is 2.42. The van der Waals surface area contributed by atoms with Gasteiger partial charge < -0.3 is 5.32 Å². The zero-order valence-corrected chi connectivity index (χ0v) is 9.55. The van der Waals surface area contributed by atoms with Crippen molar-refractivity contribution in [2.24, 2.45) is 0 Å². The van der Waals surface area contributed by atoms with Gasteiger partial charge in [-0.2, -0.15) is 0 Å². The average Bonchev–Trinajstić information content (AvgIpc) is 2.43. The number of urea groups is 1. The van der Waals surface area contributed by atoms with Crippen molar-refractivity contribution in [1.29, 1.82) is 0 Å². The van der Waals surface area contributed by atoms with E-state index in [1.807, 2.05) is 32.9 Å². The lowest BCUT2D eigenvalue weighted by Gasteiger charge is -2.15. The molecule has 0 radical (unpaired) electrons. The van der Waals surface area contributed by atoms with Crippen molar-refractivity contribution in [3.05, 3.63) is 34.4 Å². The first-order valence-corrected chi connectivity index (χ1v) is 5.18. The van der Waals surface area contributed by atoms with Gasteiger partial charge in [-0.15, -0.1) is 0 Å². The lowest BCUT2D eigenvalue weighted by Crippen LogP contribution is -2.22. The van der Waals surface area contributed by atoms with Crippen LogP contribution in [0.5, 0.6) is 0 Å². The molecule has 0 saturated carbocycles. The molecule has 1 aliphatic rings. The van der Waals surface area contributed by atoms with Crippen molar-refractivity contribution >= 4 is 11.9 Å². The van der Waals surface area contributed by atoms with Gasteiger partial charge >= 0.3 is 6.03 Å². The van der Waals surface area contributed by atoms with Gasteiger partial charge in [0.05, 0.1) is 0 Å². The van der Waals surface area contributed by atoms with Gasteiger partial charge in [0.1, 0.15) is 6.04 Å². The molecule has 1 unspecified atom stereocenters. The standard InChI is InChI=1S/C12H14N2O2/c1-6-4-7(2)9(8(3)5-6)10-11(15)14-12(16)13-10/h4-5,10H,1-3H3,(H2,13,14,15,16). The molecular formula is C12H14N2O2. The van der Waals surface area contributed by atoms with E-state index in [0.29, 0.717) is 0 Å². The first kappa shape index (κ1) is 10.7. The molecule has 3 amide bonds. The summed E-state index contributed by atoms with van der Waals surface area (Å²) in [5, 5.41) is 4.87. The molecule has 1 fully saturated rings. The second kappa shape index (κ2) is 3.63. The minimum atomic E-state index is -0.548. The maximum atomic E-state index is 11.6.